The molecule has 0 amide bonds. The number of morpholine rings is 1. The number of hydrogen-bond donors (Lipinski definition) is 1. The molecule has 1 unspecified atom stereocenters. The normalized spacial score (nSPS) is 24.8. The highest BCUT2D eigenvalue weighted by atomic mass is 16.5. The van der Waals surface area contributed by atoms with Crippen molar-refractivity contribution in [3.05, 3.63) is 24.0 Å². The molecule has 0 radical (unpaired) electrons. The maximum absolute atomic E-state index is 9.19. The maximum atomic E-state index is 9.19. The lowest BCUT2D eigenvalue weighted by Gasteiger charge is -2.41. The van der Waals surface area contributed by atoms with Crippen molar-refractivity contribution in [2.75, 3.05) is 13.1 Å². The fourth-order valence-electron chi connectivity index (χ4n) is 2.45. The molecule has 0 aliphatic carbocycles. The first-order chi connectivity index (χ1) is 7.94. The Hall–Kier alpha value is -1.13. The Kier molecular flexibility index (Phi) is 3.35. The third-order valence-electron chi connectivity index (χ3n) is 2.83. The van der Waals surface area contributed by atoms with Crippen LogP contribution < -0.4 is 0 Å². The summed E-state index contributed by atoms with van der Waals surface area (Å²) < 4.78 is 5.86. The Labute approximate surface area is 102 Å². The quantitative estimate of drug-likeness (QED) is 0.850. The van der Waals surface area contributed by atoms with Crippen LogP contribution in [0.2, 0.25) is 0 Å². The molecule has 0 aromatic carbocycles. The lowest BCUT2D eigenvalue weighted by Crippen LogP contribution is -2.51. The van der Waals surface area contributed by atoms with E-state index < -0.39 is 0 Å². The van der Waals surface area contributed by atoms with Crippen LogP contribution in [0.4, 0.5) is 0 Å². The molecule has 4 nitrogen and oxygen atoms in total. The van der Waals surface area contributed by atoms with Gasteiger partial charge >= 0.3 is 0 Å². The van der Waals surface area contributed by atoms with Crippen molar-refractivity contribution < 1.29 is 9.84 Å². The van der Waals surface area contributed by atoms with Crippen molar-refractivity contribution in [3.63, 3.8) is 0 Å². The van der Waals surface area contributed by atoms with Crippen LogP contribution in [0.5, 0.6) is 5.75 Å². The number of rotatable bonds is 2. The summed E-state index contributed by atoms with van der Waals surface area (Å²) in [5.74, 6) is 0.212. The molecule has 2 rings (SSSR count). The van der Waals surface area contributed by atoms with Gasteiger partial charge in [0.2, 0.25) is 0 Å². The van der Waals surface area contributed by atoms with Gasteiger partial charge in [0.1, 0.15) is 5.75 Å². The molecule has 17 heavy (non-hydrogen) atoms. The van der Waals surface area contributed by atoms with Crippen LogP contribution in [0.25, 0.3) is 0 Å². The molecule has 1 saturated heterocycles. The van der Waals surface area contributed by atoms with Gasteiger partial charge in [-0.3, -0.25) is 9.88 Å². The summed E-state index contributed by atoms with van der Waals surface area (Å²) in [4.78, 5) is 6.55. The van der Waals surface area contributed by atoms with Gasteiger partial charge in [0.25, 0.3) is 0 Å². The van der Waals surface area contributed by atoms with Gasteiger partial charge in [-0.15, -0.1) is 0 Å². The Bertz CT molecular complexity index is 376. The summed E-state index contributed by atoms with van der Waals surface area (Å²) in [7, 11) is 0. The zero-order valence-corrected chi connectivity index (χ0v) is 10.7. The molecule has 1 fully saturated rings. The second kappa shape index (κ2) is 4.63. The molecule has 94 valence electrons. The van der Waals surface area contributed by atoms with E-state index in [0.29, 0.717) is 0 Å². The average molecular weight is 236 g/mol. The van der Waals surface area contributed by atoms with E-state index in [1.165, 1.54) is 6.20 Å². The van der Waals surface area contributed by atoms with Crippen LogP contribution in [-0.2, 0) is 11.3 Å². The predicted molar refractivity (Wildman–Crippen MR) is 65.8 cm³/mol. The van der Waals surface area contributed by atoms with Crippen molar-refractivity contribution in [2.45, 2.75) is 39.0 Å². The highest BCUT2D eigenvalue weighted by molar-refractivity contribution is 5.17. The number of nitrogens with zero attached hydrogens (tertiary/aromatic N) is 2. The summed E-state index contributed by atoms with van der Waals surface area (Å²) in [5.41, 5.74) is 0.877. The second-order valence-corrected chi connectivity index (χ2v) is 5.37. The summed E-state index contributed by atoms with van der Waals surface area (Å²) >= 11 is 0. The minimum absolute atomic E-state index is 0.103. The minimum Gasteiger partial charge on any atom is -0.506 e. The van der Waals surface area contributed by atoms with E-state index in [1.807, 2.05) is 6.07 Å². The fraction of sp³-hybridized carbons (Fsp3) is 0.615. The van der Waals surface area contributed by atoms with E-state index in [-0.39, 0.29) is 17.5 Å². The highest BCUT2D eigenvalue weighted by Gasteiger charge is 2.31. The van der Waals surface area contributed by atoms with Crippen LogP contribution in [0.1, 0.15) is 26.5 Å². The molecule has 1 N–H and O–H groups in total. The standard InChI is InChI=1S/C13H20N2O2/c1-10-7-15(9-13(2,3)17-10)8-11-4-5-12(16)6-14-11/h4-6,10,16H,7-9H2,1-3H3. The van der Waals surface area contributed by atoms with Gasteiger partial charge in [0.05, 0.1) is 23.6 Å². The first-order valence-corrected chi connectivity index (χ1v) is 5.99. The van der Waals surface area contributed by atoms with Gasteiger partial charge in [-0.05, 0) is 32.9 Å². The summed E-state index contributed by atoms with van der Waals surface area (Å²) in [6, 6.07) is 3.54. The largest absolute Gasteiger partial charge is 0.506 e. The van der Waals surface area contributed by atoms with Gasteiger partial charge < -0.3 is 9.84 Å². The minimum atomic E-state index is -0.103. The summed E-state index contributed by atoms with van der Waals surface area (Å²) in [6.07, 6.45) is 1.74. The number of hydrogen-bond acceptors (Lipinski definition) is 4. The van der Waals surface area contributed by atoms with Gasteiger partial charge in [0, 0.05) is 19.6 Å². The molecule has 0 bridgehead atoms. The van der Waals surface area contributed by atoms with Crippen LogP contribution in [0, 0.1) is 0 Å². The van der Waals surface area contributed by atoms with Crippen molar-refractivity contribution >= 4 is 0 Å². The molecule has 1 aromatic heterocycles. The highest BCUT2D eigenvalue weighted by Crippen LogP contribution is 2.22. The molecule has 4 heteroatoms. The molecular weight excluding hydrogens is 216 g/mol. The average Bonchev–Trinajstić information content (AvgIpc) is 2.18. The summed E-state index contributed by atoms with van der Waals surface area (Å²) in [5, 5.41) is 9.19. The number of aromatic nitrogens is 1. The third-order valence-corrected chi connectivity index (χ3v) is 2.83. The van der Waals surface area contributed by atoms with Crippen LogP contribution in [0.15, 0.2) is 18.3 Å². The topological polar surface area (TPSA) is 45.6 Å². The van der Waals surface area contributed by atoms with E-state index >= 15 is 0 Å². The monoisotopic (exact) mass is 236 g/mol. The summed E-state index contributed by atoms with van der Waals surface area (Å²) in [6.45, 7) is 8.95. The van der Waals surface area contributed by atoms with Crippen LogP contribution >= 0.6 is 0 Å². The number of aromatic hydroxyl groups is 1. The van der Waals surface area contributed by atoms with Crippen molar-refractivity contribution in [3.8, 4) is 5.75 Å². The molecule has 1 aliphatic heterocycles. The second-order valence-electron chi connectivity index (χ2n) is 5.37. The Morgan fingerprint density at radius 1 is 1.53 bits per heavy atom. The van der Waals surface area contributed by atoms with Crippen LogP contribution in [-0.4, -0.2) is 39.8 Å². The van der Waals surface area contributed by atoms with Gasteiger partial charge in [-0.1, -0.05) is 0 Å². The zero-order chi connectivity index (χ0) is 12.5. The van der Waals surface area contributed by atoms with E-state index in [2.05, 4.69) is 30.7 Å². The van der Waals surface area contributed by atoms with Gasteiger partial charge in [-0.25, -0.2) is 0 Å². The SMILES string of the molecule is CC1CN(Cc2ccc(O)cn2)CC(C)(C)O1. The maximum Gasteiger partial charge on any atom is 0.133 e. The van der Waals surface area contributed by atoms with Gasteiger partial charge in [-0.2, -0.15) is 0 Å². The van der Waals surface area contributed by atoms with E-state index in [4.69, 9.17) is 4.74 Å². The van der Waals surface area contributed by atoms with E-state index in [1.54, 1.807) is 6.07 Å². The molecule has 0 saturated carbocycles. The molecule has 0 spiro atoms. The number of ether oxygens (including phenoxy) is 1. The van der Waals surface area contributed by atoms with Crippen molar-refractivity contribution in [1.29, 1.82) is 0 Å². The fourth-order valence-corrected chi connectivity index (χ4v) is 2.45. The Morgan fingerprint density at radius 2 is 2.29 bits per heavy atom. The van der Waals surface area contributed by atoms with E-state index in [9.17, 15) is 5.11 Å². The van der Waals surface area contributed by atoms with Crippen molar-refractivity contribution in [2.24, 2.45) is 0 Å². The molecule has 1 aliphatic rings. The molecular formula is C13H20N2O2. The predicted octanol–water partition coefficient (Wildman–Crippen LogP) is 1.79. The third kappa shape index (κ3) is 3.41. The zero-order valence-electron chi connectivity index (χ0n) is 10.7. The smallest absolute Gasteiger partial charge is 0.133 e. The molecule has 1 atom stereocenters. The number of pyridine rings is 1. The van der Waals surface area contributed by atoms with Crippen LogP contribution in [0.3, 0.4) is 0 Å². The molecule has 2 heterocycles. The van der Waals surface area contributed by atoms with Gasteiger partial charge in [0.15, 0.2) is 0 Å². The first kappa shape index (κ1) is 12.3. The lowest BCUT2D eigenvalue weighted by molar-refractivity contribution is -0.130. The first-order valence-electron chi connectivity index (χ1n) is 5.99. The lowest BCUT2D eigenvalue weighted by atomic mass is 10.1. The Morgan fingerprint density at radius 3 is 2.88 bits per heavy atom. The van der Waals surface area contributed by atoms with Crippen molar-refractivity contribution in [1.82, 2.24) is 9.88 Å². The molecule has 1 aromatic rings. The Balaban J connectivity index is 2.01. The van der Waals surface area contributed by atoms with E-state index in [0.717, 1.165) is 25.3 Å².